The van der Waals surface area contributed by atoms with E-state index in [9.17, 15) is 22.8 Å². The second kappa shape index (κ2) is 7.92. The lowest BCUT2D eigenvalue weighted by molar-refractivity contribution is -0.147. The highest BCUT2D eigenvalue weighted by atomic mass is 19.4. The Hall–Kier alpha value is -3.44. The molecule has 3 N–H and O–H groups in total. The number of anilines is 2. The van der Waals surface area contributed by atoms with Gasteiger partial charge in [-0.3, -0.25) is 4.79 Å². The number of benzene rings is 1. The molecule has 0 spiro atoms. The van der Waals surface area contributed by atoms with E-state index in [1.54, 1.807) is 22.8 Å². The number of halogens is 3. The summed E-state index contributed by atoms with van der Waals surface area (Å²) in [6.45, 7) is 3.48. The van der Waals surface area contributed by atoms with Crippen LogP contribution in [0, 0.1) is 5.92 Å². The number of nitrogens with zero attached hydrogens (tertiary/aromatic N) is 3. The third-order valence-electron chi connectivity index (χ3n) is 5.37. The van der Waals surface area contributed by atoms with Crippen LogP contribution in [-0.2, 0) is 16.1 Å². The number of fused-ring (bicyclic) bond motifs is 3. The highest BCUT2D eigenvalue weighted by Crippen LogP contribution is 2.38. The van der Waals surface area contributed by atoms with Crippen LogP contribution in [0.3, 0.4) is 0 Å². The van der Waals surface area contributed by atoms with Crippen LogP contribution in [0.4, 0.5) is 29.5 Å². The second-order valence-corrected chi connectivity index (χ2v) is 7.95. The molecule has 4 rings (SSSR count). The van der Waals surface area contributed by atoms with Crippen molar-refractivity contribution in [1.29, 1.82) is 0 Å². The summed E-state index contributed by atoms with van der Waals surface area (Å²) in [5.41, 5.74) is 6.59. The smallest absolute Gasteiger partial charge is 0.416 e. The van der Waals surface area contributed by atoms with Crippen LogP contribution in [0.1, 0.15) is 13.8 Å². The van der Waals surface area contributed by atoms with Gasteiger partial charge < -0.3 is 25.1 Å². The lowest BCUT2D eigenvalue weighted by Crippen LogP contribution is -2.44. The molecule has 1 aromatic heterocycles. The summed E-state index contributed by atoms with van der Waals surface area (Å²) in [6.07, 6.45) is -4.36. The van der Waals surface area contributed by atoms with Crippen LogP contribution >= 0.6 is 0 Å². The maximum absolute atomic E-state index is 13.4. The number of carbonyl (C=O) groups is 2. The predicted molar refractivity (Wildman–Crippen MR) is 108 cm³/mol. The predicted octanol–water partition coefficient (Wildman–Crippen LogP) is 2.75. The van der Waals surface area contributed by atoms with E-state index in [2.05, 4.69) is 15.0 Å². The van der Waals surface area contributed by atoms with Crippen molar-refractivity contribution in [1.82, 2.24) is 9.55 Å². The molecule has 9 nitrogen and oxygen atoms in total. The Bertz CT molecular complexity index is 1050. The summed E-state index contributed by atoms with van der Waals surface area (Å²) < 4.78 is 52.1. The molecule has 32 heavy (non-hydrogen) atoms. The third-order valence-corrected chi connectivity index (χ3v) is 5.37. The number of ether oxygens (including phenoxy) is 2. The quantitative estimate of drug-likeness (QED) is 0.720. The van der Waals surface area contributed by atoms with Gasteiger partial charge in [-0.1, -0.05) is 13.8 Å². The number of alkyl halides is 3. The molecule has 2 atom stereocenters. The molecule has 1 fully saturated rings. The van der Waals surface area contributed by atoms with E-state index in [1.165, 1.54) is 6.20 Å². The molecule has 0 radical (unpaired) electrons. The normalized spacial score (nSPS) is 19.0. The molecular weight excluding hydrogens is 431 g/mol. The maximum Gasteiger partial charge on any atom is 0.416 e. The van der Waals surface area contributed by atoms with Gasteiger partial charge in [0.05, 0.1) is 12.1 Å². The minimum atomic E-state index is -4.65. The zero-order chi connectivity index (χ0) is 23.2. The molecule has 2 amide bonds. The Morgan fingerprint density at radius 3 is 2.72 bits per heavy atom. The van der Waals surface area contributed by atoms with Gasteiger partial charge in [-0.05, 0) is 18.1 Å². The van der Waals surface area contributed by atoms with Crippen molar-refractivity contribution in [2.45, 2.75) is 38.7 Å². The molecule has 1 aromatic carbocycles. The van der Waals surface area contributed by atoms with Crippen LogP contribution in [0.15, 0.2) is 24.4 Å². The molecule has 0 aliphatic carbocycles. The molecular formula is C20H22F3N5O4. The maximum atomic E-state index is 13.4. The van der Waals surface area contributed by atoms with Crippen molar-refractivity contribution in [3.63, 3.8) is 0 Å². The number of amides is 2. The van der Waals surface area contributed by atoms with Gasteiger partial charge in [-0.2, -0.15) is 13.2 Å². The number of primary amides is 1. The first kappa shape index (κ1) is 21.8. The lowest BCUT2D eigenvalue weighted by Gasteiger charge is -2.21. The Morgan fingerprint density at radius 1 is 1.31 bits per heavy atom. The summed E-state index contributed by atoms with van der Waals surface area (Å²) in [7, 11) is 0. The van der Waals surface area contributed by atoms with Gasteiger partial charge in [-0.15, -0.1) is 0 Å². The number of cyclic esters (lactones) is 1. The Kier molecular flexibility index (Phi) is 5.39. The first-order valence-electron chi connectivity index (χ1n) is 9.99. The molecule has 0 bridgehead atoms. The molecule has 3 heterocycles. The van der Waals surface area contributed by atoms with Gasteiger partial charge in [0.15, 0.2) is 11.9 Å². The molecule has 0 unspecified atom stereocenters. The van der Waals surface area contributed by atoms with Gasteiger partial charge in [0.2, 0.25) is 5.91 Å². The fourth-order valence-corrected chi connectivity index (χ4v) is 3.74. The molecule has 172 valence electrons. The topological polar surface area (TPSA) is 112 Å². The third kappa shape index (κ3) is 3.92. The largest absolute Gasteiger partial charge is 0.491 e. The summed E-state index contributed by atoms with van der Waals surface area (Å²) in [6, 6.07) is 2.38. The highest BCUT2D eigenvalue weighted by molar-refractivity contribution is 5.90. The zero-order valence-corrected chi connectivity index (χ0v) is 17.3. The first-order chi connectivity index (χ1) is 15.1. The van der Waals surface area contributed by atoms with Crippen molar-refractivity contribution in [2.75, 3.05) is 23.4 Å². The number of hydrogen-bond donors (Lipinski definition) is 2. The van der Waals surface area contributed by atoms with E-state index in [0.717, 1.165) is 0 Å². The van der Waals surface area contributed by atoms with Crippen molar-refractivity contribution in [3.8, 4) is 17.1 Å². The van der Waals surface area contributed by atoms with Crippen molar-refractivity contribution >= 4 is 23.5 Å². The minimum absolute atomic E-state index is 0.0459. The fraction of sp³-hybridized carbons (Fsp3) is 0.450. The number of aromatic nitrogens is 2. The van der Waals surface area contributed by atoms with Crippen LogP contribution < -0.4 is 20.7 Å². The van der Waals surface area contributed by atoms with Crippen molar-refractivity contribution in [2.24, 2.45) is 11.7 Å². The lowest BCUT2D eigenvalue weighted by atomic mass is 10.0. The average molecular weight is 453 g/mol. The van der Waals surface area contributed by atoms with E-state index in [1.807, 2.05) is 13.8 Å². The number of imidazole rings is 1. The summed E-state index contributed by atoms with van der Waals surface area (Å²) in [4.78, 5) is 28.5. The summed E-state index contributed by atoms with van der Waals surface area (Å²) >= 11 is 0. The number of rotatable bonds is 5. The molecule has 2 aliphatic rings. The van der Waals surface area contributed by atoms with Crippen LogP contribution in [0.2, 0.25) is 0 Å². The SMILES string of the molecule is CC(C)[C@H](Nc1ccc2c(c1)OCCn1cc(N3C(=O)OC[C@H]3C(F)(F)F)nc1-2)C(N)=O. The number of hydrogen-bond acceptors (Lipinski definition) is 6. The van der Waals surface area contributed by atoms with E-state index in [4.69, 9.17) is 10.5 Å². The molecule has 12 heteroatoms. The minimum Gasteiger partial charge on any atom is -0.491 e. The fourth-order valence-electron chi connectivity index (χ4n) is 3.74. The van der Waals surface area contributed by atoms with Gasteiger partial charge in [0.1, 0.15) is 30.8 Å². The van der Waals surface area contributed by atoms with Crippen LogP contribution in [-0.4, -0.2) is 53.0 Å². The molecule has 2 aliphatic heterocycles. The van der Waals surface area contributed by atoms with Crippen LogP contribution in [0.25, 0.3) is 11.4 Å². The van der Waals surface area contributed by atoms with Crippen molar-refractivity contribution in [3.05, 3.63) is 24.4 Å². The van der Waals surface area contributed by atoms with Gasteiger partial charge in [-0.25, -0.2) is 14.7 Å². The van der Waals surface area contributed by atoms with E-state index in [-0.39, 0.29) is 18.3 Å². The monoisotopic (exact) mass is 453 g/mol. The van der Waals surface area contributed by atoms with Gasteiger partial charge in [0.25, 0.3) is 0 Å². The van der Waals surface area contributed by atoms with Crippen molar-refractivity contribution < 1.29 is 32.2 Å². The number of nitrogens with two attached hydrogens (primary N) is 1. The zero-order valence-electron chi connectivity index (χ0n) is 17.3. The van der Waals surface area contributed by atoms with E-state index < -0.39 is 36.9 Å². The van der Waals surface area contributed by atoms with Crippen LogP contribution in [0.5, 0.6) is 5.75 Å². The molecule has 0 saturated carbocycles. The van der Waals surface area contributed by atoms with Gasteiger partial charge in [0, 0.05) is 18.0 Å². The summed E-state index contributed by atoms with van der Waals surface area (Å²) in [5.74, 6) is 0.112. The van der Waals surface area contributed by atoms with Gasteiger partial charge >= 0.3 is 12.3 Å². The molecule has 2 aromatic rings. The highest BCUT2D eigenvalue weighted by Gasteiger charge is 2.52. The Morgan fingerprint density at radius 2 is 2.06 bits per heavy atom. The standard InChI is InChI=1S/C20H22F3N5O4/c1-10(2)16(17(24)29)25-11-3-4-12-13(7-11)31-6-5-27-8-15(26-18(12)27)28-14(20(21,22)23)9-32-19(28)30/h3-4,7-8,10,14,16,25H,5-6,9H2,1-2H3,(H2,24,29)/t14-,16-/m0/s1. The summed E-state index contributed by atoms with van der Waals surface area (Å²) in [5, 5.41) is 3.07. The Balaban J connectivity index is 1.68. The van der Waals surface area contributed by atoms with E-state index >= 15 is 0 Å². The number of nitrogens with one attached hydrogen (secondary N) is 1. The number of carbonyl (C=O) groups excluding carboxylic acids is 2. The average Bonchev–Trinajstić information content (AvgIpc) is 3.25. The van der Waals surface area contributed by atoms with E-state index in [0.29, 0.717) is 34.3 Å². The second-order valence-electron chi connectivity index (χ2n) is 7.95. The molecule has 1 saturated heterocycles. The first-order valence-corrected chi connectivity index (χ1v) is 9.99. The Labute approximate surface area is 181 Å².